The van der Waals surface area contributed by atoms with Gasteiger partial charge in [-0.05, 0) is 43.3 Å². The summed E-state index contributed by atoms with van der Waals surface area (Å²) >= 11 is 0. The fourth-order valence-electron chi connectivity index (χ4n) is 2.85. The molecule has 0 spiro atoms. The number of benzene rings is 2. The van der Waals surface area contributed by atoms with Gasteiger partial charge in [0, 0.05) is 11.6 Å². The molecule has 0 unspecified atom stereocenters. The maximum Gasteiger partial charge on any atom is 0.234 e. The topological polar surface area (TPSA) is 57.3 Å². The van der Waals surface area contributed by atoms with Crippen LogP contribution in [0.1, 0.15) is 5.69 Å². The lowest BCUT2D eigenvalue weighted by Crippen LogP contribution is -2.02. The minimum absolute atomic E-state index is 0.105. The van der Waals surface area contributed by atoms with Gasteiger partial charge in [-0.2, -0.15) is 9.78 Å². The van der Waals surface area contributed by atoms with Crippen LogP contribution in [0.4, 0.5) is 0 Å². The molecule has 0 radical (unpaired) electrons. The highest BCUT2D eigenvalue weighted by Crippen LogP contribution is 2.26. The first-order valence-electron chi connectivity index (χ1n) is 7.90. The van der Waals surface area contributed by atoms with Crippen LogP contribution in [-0.4, -0.2) is 16.9 Å². The third-order valence-electron chi connectivity index (χ3n) is 4.11. The van der Waals surface area contributed by atoms with Gasteiger partial charge in [-0.25, -0.2) is 0 Å². The number of para-hydroxylation sites is 1. The Balaban J connectivity index is 1.95. The molecule has 0 amide bonds. The van der Waals surface area contributed by atoms with Gasteiger partial charge in [0.25, 0.3) is 0 Å². The van der Waals surface area contributed by atoms with Gasteiger partial charge < -0.3 is 9.15 Å². The summed E-state index contributed by atoms with van der Waals surface area (Å²) < 4.78 is 12.9. The molecule has 0 saturated heterocycles. The van der Waals surface area contributed by atoms with Crippen LogP contribution in [0.2, 0.25) is 0 Å². The summed E-state index contributed by atoms with van der Waals surface area (Å²) in [4.78, 5) is 12.6. The predicted molar refractivity (Wildman–Crippen MR) is 96.3 cm³/mol. The molecule has 2 aromatic heterocycles. The third-order valence-corrected chi connectivity index (χ3v) is 4.11. The molecule has 0 aliphatic heterocycles. The molecule has 0 saturated carbocycles. The fourth-order valence-corrected chi connectivity index (χ4v) is 2.85. The Labute approximate surface area is 144 Å². The number of aryl methyl sites for hydroxylation is 1. The van der Waals surface area contributed by atoms with Crippen molar-refractivity contribution in [3.8, 4) is 22.8 Å². The van der Waals surface area contributed by atoms with E-state index in [9.17, 15) is 4.79 Å². The van der Waals surface area contributed by atoms with E-state index in [1.165, 1.54) is 6.07 Å². The first-order valence-corrected chi connectivity index (χ1v) is 7.90. The number of nitrogens with zero attached hydrogens (tertiary/aromatic N) is 2. The van der Waals surface area contributed by atoms with E-state index in [0.29, 0.717) is 22.6 Å². The summed E-state index contributed by atoms with van der Waals surface area (Å²) in [7, 11) is 1.61. The van der Waals surface area contributed by atoms with Gasteiger partial charge in [-0.1, -0.05) is 18.2 Å². The van der Waals surface area contributed by atoms with Crippen molar-refractivity contribution in [2.45, 2.75) is 6.92 Å². The summed E-state index contributed by atoms with van der Waals surface area (Å²) in [5.41, 5.74) is 2.64. The van der Waals surface area contributed by atoms with Gasteiger partial charge in [0.1, 0.15) is 16.9 Å². The second-order valence-corrected chi connectivity index (χ2v) is 5.72. The average Bonchev–Trinajstić information content (AvgIpc) is 2.99. The Morgan fingerprint density at radius 1 is 1.04 bits per heavy atom. The average molecular weight is 332 g/mol. The van der Waals surface area contributed by atoms with Crippen molar-refractivity contribution < 1.29 is 9.15 Å². The van der Waals surface area contributed by atoms with Crippen molar-refractivity contribution in [1.29, 1.82) is 0 Å². The minimum atomic E-state index is -0.105. The molecule has 5 nitrogen and oxygen atoms in total. The molecule has 25 heavy (non-hydrogen) atoms. The molecule has 0 aliphatic rings. The van der Waals surface area contributed by atoms with E-state index in [0.717, 1.165) is 17.0 Å². The summed E-state index contributed by atoms with van der Waals surface area (Å²) in [6, 6.07) is 18.5. The molecule has 0 atom stereocenters. The largest absolute Gasteiger partial charge is 0.497 e. The normalized spacial score (nSPS) is 11.0. The van der Waals surface area contributed by atoms with Crippen LogP contribution in [-0.2, 0) is 0 Å². The fraction of sp³-hybridized carbons (Fsp3) is 0.100. The lowest BCUT2D eigenvalue weighted by atomic mass is 10.1. The van der Waals surface area contributed by atoms with Crippen LogP contribution in [0.15, 0.2) is 69.9 Å². The van der Waals surface area contributed by atoms with Gasteiger partial charge in [-0.15, -0.1) is 0 Å². The first-order chi connectivity index (χ1) is 12.2. The van der Waals surface area contributed by atoms with Gasteiger partial charge in [-0.3, -0.25) is 4.79 Å². The van der Waals surface area contributed by atoms with Crippen molar-refractivity contribution in [3.05, 3.63) is 76.6 Å². The van der Waals surface area contributed by atoms with Crippen LogP contribution < -0.4 is 10.2 Å². The van der Waals surface area contributed by atoms with E-state index in [1.807, 2.05) is 61.5 Å². The SMILES string of the molecule is COc1ccc(-c2cc(=O)c3c(C)nn(-c4ccccc4)c3o2)cc1. The number of ether oxygens (including phenoxy) is 1. The Bertz CT molecular complexity index is 1090. The Hall–Kier alpha value is -3.34. The highest BCUT2D eigenvalue weighted by Gasteiger charge is 2.16. The van der Waals surface area contributed by atoms with Crippen LogP contribution >= 0.6 is 0 Å². The zero-order chi connectivity index (χ0) is 17.4. The quantitative estimate of drug-likeness (QED) is 0.570. The second kappa shape index (κ2) is 5.94. The standard InChI is InChI=1S/C20H16N2O3/c1-13-19-17(23)12-18(14-8-10-16(24-2)11-9-14)25-20(19)22(21-13)15-6-4-3-5-7-15/h3-12H,1-2H3. The van der Waals surface area contributed by atoms with E-state index in [4.69, 9.17) is 9.15 Å². The molecular formula is C20H16N2O3. The molecule has 4 aromatic rings. The van der Waals surface area contributed by atoms with Crippen LogP contribution in [0, 0.1) is 6.92 Å². The van der Waals surface area contributed by atoms with Crippen molar-refractivity contribution in [1.82, 2.24) is 9.78 Å². The van der Waals surface area contributed by atoms with E-state index in [2.05, 4.69) is 5.10 Å². The maximum absolute atomic E-state index is 12.6. The molecule has 4 rings (SSSR count). The molecule has 2 aromatic carbocycles. The highest BCUT2D eigenvalue weighted by molar-refractivity contribution is 5.80. The lowest BCUT2D eigenvalue weighted by Gasteiger charge is -2.05. The molecule has 124 valence electrons. The van der Waals surface area contributed by atoms with E-state index >= 15 is 0 Å². The summed E-state index contributed by atoms with van der Waals surface area (Å²) in [6.07, 6.45) is 0. The van der Waals surface area contributed by atoms with Crippen molar-refractivity contribution in [2.75, 3.05) is 7.11 Å². The lowest BCUT2D eigenvalue weighted by molar-refractivity contribution is 0.415. The number of aromatic nitrogens is 2. The Morgan fingerprint density at radius 2 is 1.76 bits per heavy atom. The van der Waals surface area contributed by atoms with Gasteiger partial charge in [0.15, 0.2) is 5.43 Å². The van der Waals surface area contributed by atoms with E-state index in [1.54, 1.807) is 11.8 Å². The number of fused-ring (bicyclic) bond motifs is 1. The number of methoxy groups -OCH3 is 1. The predicted octanol–water partition coefficient (Wildman–Crippen LogP) is 3.96. The van der Waals surface area contributed by atoms with Crippen molar-refractivity contribution in [2.24, 2.45) is 0 Å². The number of rotatable bonds is 3. The summed E-state index contributed by atoms with van der Waals surface area (Å²) in [6.45, 7) is 1.81. The third kappa shape index (κ3) is 2.59. The monoisotopic (exact) mass is 332 g/mol. The zero-order valence-corrected chi connectivity index (χ0v) is 13.9. The van der Waals surface area contributed by atoms with Gasteiger partial charge in [0.05, 0.1) is 18.5 Å². The minimum Gasteiger partial charge on any atom is -0.497 e. The summed E-state index contributed by atoms with van der Waals surface area (Å²) in [5, 5.41) is 4.99. The van der Waals surface area contributed by atoms with E-state index < -0.39 is 0 Å². The number of hydrogen-bond acceptors (Lipinski definition) is 4. The molecule has 0 aliphatic carbocycles. The van der Waals surface area contributed by atoms with Crippen molar-refractivity contribution in [3.63, 3.8) is 0 Å². The van der Waals surface area contributed by atoms with Crippen LogP contribution in [0.5, 0.6) is 5.75 Å². The molecule has 5 heteroatoms. The number of hydrogen-bond donors (Lipinski definition) is 0. The molecule has 0 N–H and O–H groups in total. The molecule has 2 heterocycles. The Kier molecular flexibility index (Phi) is 3.61. The van der Waals surface area contributed by atoms with Gasteiger partial charge >= 0.3 is 0 Å². The molecular weight excluding hydrogens is 316 g/mol. The smallest absolute Gasteiger partial charge is 0.234 e. The maximum atomic E-state index is 12.6. The summed E-state index contributed by atoms with van der Waals surface area (Å²) in [5.74, 6) is 1.24. The second-order valence-electron chi connectivity index (χ2n) is 5.72. The highest BCUT2D eigenvalue weighted by atomic mass is 16.5. The first kappa shape index (κ1) is 15.2. The molecule has 0 fully saturated rings. The van der Waals surface area contributed by atoms with E-state index in [-0.39, 0.29) is 5.43 Å². The van der Waals surface area contributed by atoms with Crippen molar-refractivity contribution >= 4 is 11.1 Å². The molecule has 0 bridgehead atoms. The Morgan fingerprint density at radius 3 is 2.44 bits per heavy atom. The van der Waals surface area contributed by atoms with Crippen LogP contribution in [0.25, 0.3) is 28.1 Å². The zero-order valence-electron chi connectivity index (χ0n) is 13.9. The van der Waals surface area contributed by atoms with Crippen LogP contribution in [0.3, 0.4) is 0 Å². The van der Waals surface area contributed by atoms with Gasteiger partial charge in [0.2, 0.25) is 5.71 Å².